The number of aliphatic carboxylic acids is 1. The summed E-state index contributed by atoms with van der Waals surface area (Å²) >= 11 is 0. The molecule has 0 saturated heterocycles. The molecule has 0 aliphatic carbocycles. The van der Waals surface area contributed by atoms with Crippen molar-refractivity contribution in [3.05, 3.63) is 34.9 Å². The summed E-state index contributed by atoms with van der Waals surface area (Å²) in [5, 5.41) is 8.49. The van der Waals surface area contributed by atoms with Gasteiger partial charge >= 0.3 is 5.97 Å². The SMILES string of the molecule is Cc1ccc(C)c(CS(=O)CC(=O)O)c1. The Labute approximate surface area is 91.6 Å². The van der Waals surface area contributed by atoms with Crippen LogP contribution in [0.5, 0.6) is 0 Å². The fourth-order valence-electron chi connectivity index (χ4n) is 1.32. The van der Waals surface area contributed by atoms with Crippen LogP contribution in [0.15, 0.2) is 18.2 Å². The van der Waals surface area contributed by atoms with Gasteiger partial charge in [0.15, 0.2) is 0 Å². The molecule has 1 unspecified atom stereocenters. The zero-order chi connectivity index (χ0) is 11.4. The largest absolute Gasteiger partial charge is 0.481 e. The molecule has 0 radical (unpaired) electrons. The number of hydrogen-bond acceptors (Lipinski definition) is 2. The van der Waals surface area contributed by atoms with Crippen molar-refractivity contribution in [2.75, 3.05) is 5.75 Å². The summed E-state index contributed by atoms with van der Waals surface area (Å²) in [6.45, 7) is 3.90. The standard InChI is InChI=1S/C11H14O3S/c1-8-3-4-9(2)10(5-8)6-15(14)7-11(12)13/h3-5H,6-7H2,1-2H3,(H,12,13). The van der Waals surface area contributed by atoms with Crippen LogP contribution < -0.4 is 0 Å². The Morgan fingerprint density at radius 2 is 2.07 bits per heavy atom. The number of carboxylic acid groups (broad SMARTS) is 1. The fraction of sp³-hybridized carbons (Fsp3) is 0.364. The Morgan fingerprint density at radius 1 is 1.40 bits per heavy atom. The molecule has 0 aliphatic heterocycles. The van der Waals surface area contributed by atoms with E-state index in [-0.39, 0.29) is 5.75 Å². The minimum absolute atomic E-state index is 0.284. The minimum Gasteiger partial charge on any atom is -0.481 e. The maximum absolute atomic E-state index is 11.4. The summed E-state index contributed by atoms with van der Waals surface area (Å²) in [6.07, 6.45) is 0. The maximum atomic E-state index is 11.4. The highest BCUT2D eigenvalue weighted by Crippen LogP contribution is 2.12. The van der Waals surface area contributed by atoms with E-state index in [1.807, 2.05) is 32.0 Å². The molecule has 0 aliphatic rings. The average Bonchev–Trinajstić information content (AvgIpc) is 2.10. The predicted molar refractivity (Wildman–Crippen MR) is 60.3 cm³/mol. The van der Waals surface area contributed by atoms with E-state index in [4.69, 9.17) is 5.11 Å². The molecule has 1 aromatic rings. The monoisotopic (exact) mass is 226 g/mol. The Balaban J connectivity index is 2.76. The van der Waals surface area contributed by atoms with Crippen molar-refractivity contribution in [2.45, 2.75) is 19.6 Å². The van der Waals surface area contributed by atoms with Crippen LogP contribution in [0.1, 0.15) is 16.7 Å². The number of carboxylic acids is 1. The van der Waals surface area contributed by atoms with E-state index in [1.54, 1.807) is 0 Å². The molecule has 3 nitrogen and oxygen atoms in total. The third-order valence-corrected chi connectivity index (χ3v) is 3.31. The molecule has 0 fully saturated rings. The van der Waals surface area contributed by atoms with Crippen molar-refractivity contribution in [3.8, 4) is 0 Å². The summed E-state index contributed by atoms with van der Waals surface area (Å²) in [5.41, 5.74) is 3.12. The second kappa shape index (κ2) is 5.07. The molecular weight excluding hydrogens is 212 g/mol. The first-order valence-corrected chi connectivity index (χ1v) is 6.10. The number of hydrogen-bond donors (Lipinski definition) is 1. The quantitative estimate of drug-likeness (QED) is 0.849. The molecule has 1 aromatic carbocycles. The first-order valence-electron chi connectivity index (χ1n) is 4.62. The summed E-state index contributed by atoms with van der Waals surface area (Å²) in [7, 11) is -1.32. The van der Waals surface area contributed by atoms with Crippen LogP contribution in [0.3, 0.4) is 0 Å². The van der Waals surface area contributed by atoms with Gasteiger partial charge in [0, 0.05) is 16.6 Å². The molecule has 0 spiro atoms. The first kappa shape index (κ1) is 11.9. The summed E-state index contributed by atoms with van der Waals surface area (Å²) in [4.78, 5) is 10.4. The summed E-state index contributed by atoms with van der Waals surface area (Å²) in [5.74, 6) is -0.980. The predicted octanol–water partition coefficient (Wildman–Crippen LogP) is 1.64. The highest BCUT2D eigenvalue weighted by atomic mass is 32.2. The average molecular weight is 226 g/mol. The molecule has 0 bridgehead atoms. The number of aryl methyl sites for hydroxylation is 2. The van der Waals surface area contributed by atoms with Gasteiger partial charge < -0.3 is 5.11 Å². The van der Waals surface area contributed by atoms with Crippen molar-refractivity contribution in [3.63, 3.8) is 0 Å². The van der Waals surface area contributed by atoms with E-state index in [2.05, 4.69) is 0 Å². The lowest BCUT2D eigenvalue weighted by molar-refractivity contribution is -0.133. The van der Waals surface area contributed by atoms with Crippen molar-refractivity contribution in [1.29, 1.82) is 0 Å². The van der Waals surface area contributed by atoms with Crippen LogP contribution in [-0.4, -0.2) is 21.0 Å². The van der Waals surface area contributed by atoms with Crippen LogP contribution in [0.2, 0.25) is 0 Å². The molecule has 82 valence electrons. The van der Waals surface area contributed by atoms with E-state index in [0.29, 0.717) is 5.75 Å². The van der Waals surface area contributed by atoms with Crippen LogP contribution in [0, 0.1) is 13.8 Å². The summed E-state index contributed by atoms with van der Waals surface area (Å²) in [6, 6.07) is 5.90. The third kappa shape index (κ3) is 3.83. The zero-order valence-electron chi connectivity index (χ0n) is 8.82. The molecule has 0 aromatic heterocycles. The summed E-state index contributed by atoms with van der Waals surface area (Å²) < 4.78 is 11.4. The van der Waals surface area contributed by atoms with Gasteiger partial charge in [0.25, 0.3) is 0 Å². The topological polar surface area (TPSA) is 54.4 Å². The van der Waals surface area contributed by atoms with Gasteiger partial charge in [0.1, 0.15) is 5.75 Å². The van der Waals surface area contributed by atoms with Gasteiger partial charge in [-0.05, 0) is 25.0 Å². The highest BCUT2D eigenvalue weighted by molar-refractivity contribution is 7.84. The van der Waals surface area contributed by atoms with Gasteiger partial charge in [-0.25, -0.2) is 0 Å². The van der Waals surface area contributed by atoms with Gasteiger partial charge in [0.05, 0.1) is 0 Å². The van der Waals surface area contributed by atoms with E-state index in [9.17, 15) is 9.00 Å². The molecule has 0 heterocycles. The molecule has 15 heavy (non-hydrogen) atoms. The van der Waals surface area contributed by atoms with Crippen LogP contribution in [-0.2, 0) is 21.3 Å². The van der Waals surface area contributed by atoms with Crippen molar-refractivity contribution in [2.24, 2.45) is 0 Å². The second-order valence-electron chi connectivity index (χ2n) is 3.55. The Hall–Kier alpha value is -1.16. The third-order valence-electron chi connectivity index (χ3n) is 2.11. The molecular formula is C11H14O3S. The molecule has 0 saturated carbocycles. The molecule has 1 rings (SSSR count). The number of carbonyl (C=O) groups is 1. The Kier molecular flexibility index (Phi) is 4.03. The smallest absolute Gasteiger partial charge is 0.316 e. The van der Waals surface area contributed by atoms with Gasteiger partial charge in [-0.1, -0.05) is 23.8 Å². The first-order chi connectivity index (χ1) is 6.99. The van der Waals surface area contributed by atoms with E-state index in [1.165, 1.54) is 0 Å². The van der Waals surface area contributed by atoms with Crippen molar-refractivity contribution < 1.29 is 14.1 Å². The molecule has 1 N–H and O–H groups in total. The van der Waals surface area contributed by atoms with Gasteiger partial charge in [-0.2, -0.15) is 0 Å². The van der Waals surface area contributed by atoms with Crippen LogP contribution in [0.25, 0.3) is 0 Å². The van der Waals surface area contributed by atoms with E-state index < -0.39 is 16.8 Å². The van der Waals surface area contributed by atoms with Gasteiger partial charge in [-0.3, -0.25) is 9.00 Å². The molecule has 4 heteroatoms. The lowest BCUT2D eigenvalue weighted by Crippen LogP contribution is -2.11. The lowest BCUT2D eigenvalue weighted by Gasteiger charge is -2.05. The highest BCUT2D eigenvalue weighted by Gasteiger charge is 2.08. The zero-order valence-corrected chi connectivity index (χ0v) is 9.63. The second-order valence-corrected chi connectivity index (χ2v) is 5.01. The van der Waals surface area contributed by atoms with Gasteiger partial charge in [-0.15, -0.1) is 0 Å². The number of benzene rings is 1. The van der Waals surface area contributed by atoms with Crippen LogP contribution >= 0.6 is 0 Å². The lowest BCUT2D eigenvalue weighted by atomic mass is 10.1. The van der Waals surface area contributed by atoms with E-state index in [0.717, 1.165) is 16.7 Å². The Bertz CT molecular complexity index is 399. The Morgan fingerprint density at radius 3 is 2.67 bits per heavy atom. The van der Waals surface area contributed by atoms with Crippen molar-refractivity contribution in [1.82, 2.24) is 0 Å². The van der Waals surface area contributed by atoms with Crippen molar-refractivity contribution >= 4 is 16.8 Å². The molecule has 1 atom stereocenters. The maximum Gasteiger partial charge on any atom is 0.316 e. The number of rotatable bonds is 4. The van der Waals surface area contributed by atoms with Crippen LogP contribution in [0.4, 0.5) is 0 Å². The van der Waals surface area contributed by atoms with E-state index >= 15 is 0 Å². The van der Waals surface area contributed by atoms with Gasteiger partial charge in [0.2, 0.25) is 0 Å². The fourth-order valence-corrected chi connectivity index (χ4v) is 2.35. The normalized spacial score (nSPS) is 12.4. The molecule has 0 amide bonds. The minimum atomic E-state index is -1.32.